The second kappa shape index (κ2) is 4.61. The van der Waals surface area contributed by atoms with E-state index in [-0.39, 0.29) is 11.7 Å². The van der Waals surface area contributed by atoms with Crippen molar-refractivity contribution in [2.45, 2.75) is 13.3 Å². The Morgan fingerprint density at radius 3 is 3.06 bits per heavy atom. The van der Waals surface area contributed by atoms with Gasteiger partial charge in [-0.1, -0.05) is 0 Å². The minimum absolute atomic E-state index is 0.249. The van der Waals surface area contributed by atoms with E-state index < -0.39 is 0 Å². The second-order valence-corrected chi connectivity index (χ2v) is 3.31. The number of aromatic nitrogens is 3. The molecule has 0 saturated heterocycles. The van der Waals surface area contributed by atoms with Crippen molar-refractivity contribution < 1.29 is 9.21 Å². The number of rotatable bonds is 4. The minimum Gasteiger partial charge on any atom is -0.438 e. The van der Waals surface area contributed by atoms with Crippen LogP contribution in [-0.4, -0.2) is 27.4 Å². The molecule has 16 heavy (non-hydrogen) atoms. The number of oxazole rings is 1. The van der Waals surface area contributed by atoms with Crippen LogP contribution in [0.15, 0.2) is 23.2 Å². The zero-order valence-electron chi connectivity index (χ0n) is 8.86. The van der Waals surface area contributed by atoms with E-state index in [1.165, 1.54) is 6.39 Å². The van der Waals surface area contributed by atoms with Gasteiger partial charge in [-0.25, -0.2) is 9.97 Å². The minimum atomic E-state index is -0.249. The van der Waals surface area contributed by atoms with E-state index in [0.29, 0.717) is 18.7 Å². The molecule has 0 spiro atoms. The fourth-order valence-electron chi connectivity index (χ4n) is 1.33. The van der Waals surface area contributed by atoms with Gasteiger partial charge in [-0.2, -0.15) is 0 Å². The lowest BCUT2D eigenvalue weighted by Gasteiger charge is -2.01. The molecule has 0 aliphatic carbocycles. The first-order valence-electron chi connectivity index (χ1n) is 4.94. The maximum Gasteiger partial charge on any atom is 0.289 e. The van der Waals surface area contributed by atoms with Crippen molar-refractivity contribution in [2.24, 2.45) is 0 Å². The van der Waals surface area contributed by atoms with E-state index in [1.54, 1.807) is 19.3 Å². The van der Waals surface area contributed by atoms with Gasteiger partial charge in [-0.05, 0) is 6.92 Å². The summed E-state index contributed by atoms with van der Waals surface area (Å²) in [5.74, 6) is 0.857. The number of carbonyl (C=O) groups is 1. The second-order valence-electron chi connectivity index (χ2n) is 3.31. The number of imidazole rings is 1. The summed E-state index contributed by atoms with van der Waals surface area (Å²) in [5, 5.41) is 2.73. The van der Waals surface area contributed by atoms with Crippen LogP contribution in [0.4, 0.5) is 0 Å². The summed E-state index contributed by atoms with van der Waals surface area (Å²) >= 11 is 0. The summed E-state index contributed by atoms with van der Waals surface area (Å²) in [7, 11) is 0. The first kappa shape index (κ1) is 10.4. The molecule has 0 aromatic carbocycles. The molecular formula is C10H12N4O2. The van der Waals surface area contributed by atoms with Crippen molar-refractivity contribution in [1.82, 2.24) is 20.3 Å². The third-order valence-corrected chi connectivity index (χ3v) is 2.15. The number of H-pyrrole nitrogens is 1. The van der Waals surface area contributed by atoms with Gasteiger partial charge in [-0.15, -0.1) is 0 Å². The largest absolute Gasteiger partial charge is 0.438 e. The van der Waals surface area contributed by atoms with Gasteiger partial charge in [0.15, 0.2) is 6.39 Å². The lowest BCUT2D eigenvalue weighted by Crippen LogP contribution is -2.26. The molecule has 2 heterocycles. The highest BCUT2D eigenvalue weighted by molar-refractivity contribution is 5.92. The molecule has 0 saturated carbocycles. The number of carbonyl (C=O) groups excluding carboxylic acids is 1. The number of hydrogen-bond donors (Lipinski definition) is 2. The molecule has 0 aliphatic rings. The van der Waals surface area contributed by atoms with Crippen LogP contribution < -0.4 is 5.32 Å². The van der Waals surface area contributed by atoms with Crippen LogP contribution in [0.5, 0.6) is 0 Å². The molecule has 0 unspecified atom stereocenters. The molecule has 6 heteroatoms. The molecule has 1 amide bonds. The van der Waals surface area contributed by atoms with Gasteiger partial charge in [0.1, 0.15) is 5.82 Å². The Kier molecular flexibility index (Phi) is 3.00. The third kappa shape index (κ3) is 2.28. The number of aryl methyl sites for hydroxylation is 1. The van der Waals surface area contributed by atoms with Gasteiger partial charge in [0.25, 0.3) is 5.91 Å². The molecule has 0 radical (unpaired) electrons. The number of aromatic amines is 1. The SMILES string of the molecule is Cc1ncoc1C(=O)NCCc1ncc[nH]1. The Morgan fingerprint density at radius 1 is 1.56 bits per heavy atom. The van der Waals surface area contributed by atoms with Crippen molar-refractivity contribution in [3.8, 4) is 0 Å². The van der Waals surface area contributed by atoms with Gasteiger partial charge in [0.05, 0.1) is 5.69 Å². The van der Waals surface area contributed by atoms with E-state index in [9.17, 15) is 4.79 Å². The van der Waals surface area contributed by atoms with E-state index in [2.05, 4.69) is 20.3 Å². The van der Waals surface area contributed by atoms with Gasteiger partial charge in [0.2, 0.25) is 5.76 Å². The van der Waals surface area contributed by atoms with Crippen molar-refractivity contribution in [2.75, 3.05) is 6.54 Å². The standard InChI is InChI=1S/C10H12N4O2/c1-7-9(16-6-14-7)10(15)13-3-2-8-11-4-5-12-8/h4-6H,2-3H2,1H3,(H,11,12)(H,13,15). The molecule has 0 atom stereocenters. The molecule has 0 aliphatic heterocycles. The molecular weight excluding hydrogens is 208 g/mol. The van der Waals surface area contributed by atoms with E-state index in [0.717, 1.165) is 5.82 Å². The summed E-state index contributed by atoms with van der Waals surface area (Å²) in [5.41, 5.74) is 0.593. The molecule has 84 valence electrons. The van der Waals surface area contributed by atoms with Crippen molar-refractivity contribution >= 4 is 5.91 Å². The summed E-state index contributed by atoms with van der Waals surface area (Å²) in [6, 6.07) is 0. The first-order chi connectivity index (χ1) is 7.77. The highest BCUT2D eigenvalue weighted by atomic mass is 16.3. The molecule has 0 bridgehead atoms. The van der Waals surface area contributed by atoms with Crippen LogP contribution in [0.3, 0.4) is 0 Å². The predicted octanol–water partition coefficient (Wildman–Crippen LogP) is 0.679. The number of amides is 1. The summed E-state index contributed by atoms with van der Waals surface area (Å²) in [6.45, 7) is 2.23. The van der Waals surface area contributed by atoms with Gasteiger partial charge in [-0.3, -0.25) is 4.79 Å². The van der Waals surface area contributed by atoms with Crippen LogP contribution >= 0.6 is 0 Å². The van der Waals surface area contributed by atoms with Crippen LogP contribution in [0, 0.1) is 6.92 Å². The van der Waals surface area contributed by atoms with Crippen molar-refractivity contribution in [3.63, 3.8) is 0 Å². The average molecular weight is 220 g/mol. The van der Waals surface area contributed by atoms with E-state index >= 15 is 0 Å². The summed E-state index contributed by atoms with van der Waals surface area (Å²) < 4.78 is 4.97. The molecule has 2 rings (SSSR count). The highest BCUT2D eigenvalue weighted by Crippen LogP contribution is 2.03. The molecule has 6 nitrogen and oxygen atoms in total. The maximum absolute atomic E-state index is 11.6. The monoisotopic (exact) mass is 220 g/mol. The Hall–Kier alpha value is -2.11. The fraction of sp³-hybridized carbons (Fsp3) is 0.300. The molecule has 2 N–H and O–H groups in total. The molecule has 2 aromatic heterocycles. The summed E-state index contributed by atoms with van der Waals surface area (Å²) in [4.78, 5) is 22.4. The van der Waals surface area contributed by atoms with E-state index in [1.807, 2.05) is 0 Å². The Balaban J connectivity index is 1.83. The lowest BCUT2D eigenvalue weighted by molar-refractivity contribution is 0.0925. The van der Waals surface area contributed by atoms with Crippen LogP contribution in [0.2, 0.25) is 0 Å². The van der Waals surface area contributed by atoms with Gasteiger partial charge >= 0.3 is 0 Å². The quantitative estimate of drug-likeness (QED) is 0.793. The lowest BCUT2D eigenvalue weighted by atomic mass is 10.3. The van der Waals surface area contributed by atoms with Crippen LogP contribution in [-0.2, 0) is 6.42 Å². The van der Waals surface area contributed by atoms with Crippen LogP contribution in [0.1, 0.15) is 22.1 Å². The van der Waals surface area contributed by atoms with Gasteiger partial charge < -0.3 is 14.7 Å². The zero-order chi connectivity index (χ0) is 11.4. The Labute approximate surface area is 92.1 Å². The van der Waals surface area contributed by atoms with Gasteiger partial charge in [0, 0.05) is 25.4 Å². The van der Waals surface area contributed by atoms with E-state index in [4.69, 9.17) is 4.42 Å². The average Bonchev–Trinajstić information content (AvgIpc) is 2.88. The Morgan fingerprint density at radius 2 is 2.44 bits per heavy atom. The number of hydrogen-bond acceptors (Lipinski definition) is 4. The third-order valence-electron chi connectivity index (χ3n) is 2.15. The number of nitrogens with zero attached hydrogens (tertiary/aromatic N) is 2. The first-order valence-corrected chi connectivity index (χ1v) is 4.94. The normalized spacial score (nSPS) is 10.3. The smallest absolute Gasteiger partial charge is 0.289 e. The molecule has 2 aromatic rings. The van der Waals surface area contributed by atoms with Crippen molar-refractivity contribution in [1.29, 1.82) is 0 Å². The van der Waals surface area contributed by atoms with Crippen LogP contribution in [0.25, 0.3) is 0 Å². The predicted molar refractivity (Wildman–Crippen MR) is 55.9 cm³/mol. The fourth-order valence-corrected chi connectivity index (χ4v) is 1.33. The summed E-state index contributed by atoms with van der Waals surface area (Å²) in [6.07, 6.45) is 5.35. The Bertz CT molecular complexity index is 461. The molecule has 0 fully saturated rings. The topological polar surface area (TPSA) is 83.8 Å². The number of nitrogens with one attached hydrogen (secondary N) is 2. The maximum atomic E-state index is 11.6. The zero-order valence-corrected chi connectivity index (χ0v) is 8.86. The highest BCUT2D eigenvalue weighted by Gasteiger charge is 2.12. The van der Waals surface area contributed by atoms with Crippen molar-refractivity contribution in [3.05, 3.63) is 36.1 Å².